The van der Waals surface area contributed by atoms with Gasteiger partial charge in [-0.25, -0.2) is 9.97 Å². The summed E-state index contributed by atoms with van der Waals surface area (Å²) in [7, 11) is 0. The predicted molar refractivity (Wildman–Crippen MR) is 101 cm³/mol. The van der Waals surface area contributed by atoms with Gasteiger partial charge in [-0.1, -0.05) is 35.3 Å². The molecule has 26 heavy (non-hydrogen) atoms. The summed E-state index contributed by atoms with van der Waals surface area (Å²) in [6.07, 6.45) is 5.06. The van der Waals surface area contributed by atoms with Crippen LogP contribution in [0.4, 0.5) is 0 Å². The van der Waals surface area contributed by atoms with Gasteiger partial charge in [-0.2, -0.15) is 0 Å². The van der Waals surface area contributed by atoms with Crippen LogP contribution in [0.25, 0.3) is 11.2 Å². The first kappa shape index (κ1) is 16.8. The molecule has 0 amide bonds. The molecule has 3 heterocycles. The second kappa shape index (κ2) is 7.27. The zero-order valence-electron chi connectivity index (χ0n) is 13.6. The molecule has 3 aromatic heterocycles. The molecule has 0 spiro atoms. The van der Waals surface area contributed by atoms with Gasteiger partial charge in [0.05, 0.1) is 31.4 Å². The molecule has 6 nitrogen and oxygen atoms in total. The van der Waals surface area contributed by atoms with Crippen molar-refractivity contribution in [2.24, 2.45) is 4.99 Å². The van der Waals surface area contributed by atoms with E-state index in [1.54, 1.807) is 18.9 Å². The number of H-pyrrole nitrogens is 1. The molecule has 0 saturated heterocycles. The molecular weight excluding hydrogens is 371 g/mol. The SMILES string of the molecule is Clc1cccc(Cl)c1Cn1cnc(=NCc2ccccn2)c2[nH]cnc21. The van der Waals surface area contributed by atoms with Crippen LogP contribution < -0.4 is 5.49 Å². The Hall–Kier alpha value is -2.70. The number of aromatic amines is 1. The summed E-state index contributed by atoms with van der Waals surface area (Å²) in [5, 5.41) is 1.22. The maximum atomic E-state index is 6.28. The summed E-state index contributed by atoms with van der Waals surface area (Å²) in [5.41, 5.74) is 3.78. The fraction of sp³-hybridized carbons (Fsp3) is 0.111. The molecule has 1 aromatic carbocycles. The highest BCUT2D eigenvalue weighted by Gasteiger charge is 2.10. The lowest BCUT2D eigenvalue weighted by Crippen LogP contribution is -2.15. The van der Waals surface area contributed by atoms with Crippen molar-refractivity contribution in [1.29, 1.82) is 0 Å². The molecule has 0 saturated carbocycles. The molecule has 4 aromatic rings. The largest absolute Gasteiger partial charge is 0.340 e. The molecule has 0 radical (unpaired) electrons. The highest BCUT2D eigenvalue weighted by atomic mass is 35.5. The van der Waals surface area contributed by atoms with Crippen molar-refractivity contribution in [3.8, 4) is 0 Å². The number of rotatable bonds is 4. The Kier molecular flexibility index (Phi) is 4.69. The number of aromatic nitrogens is 5. The third-order valence-corrected chi connectivity index (χ3v) is 4.65. The predicted octanol–water partition coefficient (Wildman–Crippen LogP) is 3.61. The van der Waals surface area contributed by atoms with Crippen LogP contribution in [-0.4, -0.2) is 24.5 Å². The van der Waals surface area contributed by atoms with Gasteiger partial charge >= 0.3 is 0 Å². The van der Waals surface area contributed by atoms with Crippen LogP contribution in [0.5, 0.6) is 0 Å². The maximum Gasteiger partial charge on any atom is 0.177 e. The van der Waals surface area contributed by atoms with Gasteiger partial charge in [-0.15, -0.1) is 0 Å². The first-order valence-corrected chi connectivity index (χ1v) is 8.70. The Balaban J connectivity index is 1.72. The van der Waals surface area contributed by atoms with E-state index in [1.165, 1.54) is 0 Å². The van der Waals surface area contributed by atoms with E-state index < -0.39 is 0 Å². The zero-order valence-corrected chi connectivity index (χ0v) is 15.1. The van der Waals surface area contributed by atoms with Crippen LogP contribution in [0.2, 0.25) is 10.0 Å². The van der Waals surface area contributed by atoms with E-state index in [4.69, 9.17) is 23.2 Å². The van der Waals surface area contributed by atoms with Gasteiger partial charge < -0.3 is 9.55 Å². The smallest absolute Gasteiger partial charge is 0.177 e. The van der Waals surface area contributed by atoms with Crippen molar-refractivity contribution in [2.75, 3.05) is 0 Å². The normalized spacial score (nSPS) is 12.0. The van der Waals surface area contributed by atoms with Crippen LogP contribution in [0.1, 0.15) is 11.3 Å². The minimum absolute atomic E-state index is 0.447. The fourth-order valence-electron chi connectivity index (χ4n) is 2.65. The number of hydrogen-bond acceptors (Lipinski definition) is 4. The van der Waals surface area contributed by atoms with Gasteiger partial charge in [0.15, 0.2) is 11.1 Å². The Bertz CT molecular complexity index is 1100. The molecule has 0 bridgehead atoms. The van der Waals surface area contributed by atoms with E-state index in [2.05, 4.69) is 24.9 Å². The molecule has 1 N–H and O–H groups in total. The van der Waals surface area contributed by atoms with Crippen LogP contribution in [0, 0.1) is 0 Å². The number of nitrogens with zero attached hydrogens (tertiary/aromatic N) is 5. The zero-order chi connectivity index (χ0) is 17.9. The second-order valence-electron chi connectivity index (χ2n) is 5.63. The molecule has 0 aliphatic rings. The molecule has 8 heteroatoms. The molecular formula is C18H14Cl2N6. The van der Waals surface area contributed by atoms with Crippen LogP contribution in [0.15, 0.2) is 60.2 Å². The third-order valence-electron chi connectivity index (χ3n) is 3.94. The minimum atomic E-state index is 0.447. The third kappa shape index (κ3) is 3.34. The Morgan fingerprint density at radius 2 is 1.85 bits per heavy atom. The summed E-state index contributed by atoms with van der Waals surface area (Å²) in [4.78, 5) is 20.8. The monoisotopic (exact) mass is 384 g/mol. The first-order chi connectivity index (χ1) is 12.7. The minimum Gasteiger partial charge on any atom is -0.340 e. The van der Waals surface area contributed by atoms with E-state index >= 15 is 0 Å². The number of halogens is 2. The number of imidazole rings is 1. The van der Waals surface area contributed by atoms with Crippen LogP contribution in [0.3, 0.4) is 0 Å². The molecule has 0 fully saturated rings. The van der Waals surface area contributed by atoms with Gasteiger partial charge in [0.1, 0.15) is 5.52 Å². The summed E-state index contributed by atoms with van der Waals surface area (Å²) >= 11 is 12.6. The van der Waals surface area contributed by atoms with E-state index in [-0.39, 0.29) is 0 Å². The average molecular weight is 385 g/mol. The van der Waals surface area contributed by atoms with E-state index in [0.717, 1.165) is 22.4 Å². The number of hydrogen-bond donors (Lipinski definition) is 1. The Morgan fingerprint density at radius 3 is 2.62 bits per heavy atom. The number of nitrogens with one attached hydrogen (secondary N) is 1. The summed E-state index contributed by atoms with van der Waals surface area (Å²) in [5.74, 6) is 0. The maximum absolute atomic E-state index is 6.28. The van der Waals surface area contributed by atoms with Crippen molar-refractivity contribution >= 4 is 34.4 Å². The van der Waals surface area contributed by atoms with Crippen molar-refractivity contribution in [3.63, 3.8) is 0 Å². The van der Waals surface area contributed by atoms with Gasteiger partial charge in [-0.3, -0.25) is 9.98 Å². The van der Waals surface area contributed by atoms with E-state index in [1.807, 2.05) is 41.0 Å². The van der Waals surface area contributed by atoms with Crippen molar-refractivity contribution < 1.29 is 0 Å². The summed E-state index contributed by atoms with van der Waals surface area (Å²) in [6, 6.07) is 11.2. The van der Waals surface area contributed by atoms with E-state index in [0.29, 0.717) is 28.6 Å². The second-order valence-corrected chi connectivity index (χ2v) is 6.45. The van der Waals surface area contributed by atoms with Gasteiger partial charge in [0.2, 0.25) is 0 Å². The highest BCUT2D eigenvalue weighted by molar-refractivity contribution is 6.36. The lowest BCUT2D eigenvalue weighted by molar-refractivity contribution is 0.781. The summed E-state index contributed by atoms with van der Waals surface area (Å²) < 4.78 is 1.89. The molecule has 0 aliphatic carbocycles. The molecule has 130 valence electrons. The van der Waals surface area contributed by atoms with Crippen LogP contribution >= 0.6 is 23.2 Å². The standard InChI is InChI=1S/C18H14Cl2N6/c19-14-5-3-6-15(20)13(14)9-26-11-25-17(16-18(26)24-10-23-16)22-8-12-4-1-2-7-21-12/h1-7,10-11H,8-9H2,(H,23,24). The topological polar surface area (TPSA) is 71.8 Å². The molecule has 0 atom stereocenters. The number of fused-ring (bicyclic) bond motifs is 1. The quantitative estimate of drug-likeness (QED) is 0.583. The van der Waals surface area contributed by atoms with Crippen molar-refractivity contribution in [1.82, 2.24) is 24.5 Å². The van der Waals surface area contributed by atoms with Gasteiger partial charge in [0.25, 0.3) is 0 Å². The lowest BCUT2D eigenvalue weighted by Gasteiger charge is -2.10. The molecule has 0 unspecified atom stereocenters. The Morgan fingerprint density at radius 1 is 1.00 bits per heavy atom. The van der Waals surface area contributed by atoms with Gasteiger partial charge in [0, 0.05) is 21.8 Å². The van der Waals surface area contributed by atoms with Crippen LogP contribution in [-0.2, 0) is 13.1 Å². The van der Waals surface area contributed by atoms with E-state index in [9.17, 15) is 0 Å². The average Bonchev–Trinajstić information content (AvgIpc) is 3.15. The number of benzene rings is 1. The first-order valence-electron chi connectivity index (χ1n) is 7.94. The van der Waals surface area contributed by atoms with Gasteiger partial charge in [-0.05, 0) is 24.3 Å². The van der Waals surface area contributed by atoms with Crippen molar-refractivity contribution in [2.45, 2.75) is 13.1 Å². The number of pyridine rings is 1. The lowest BCUT2D eigenvalue weighted by atomic mass is 10.2. The Labute approximate surface area is 159 Å². The summed E-state index contributed by atoms with van der Waals surface area (Å²) in [6.45, 7) is 0.912. The van der Waals surface area contributed by atoms with Crippen molar-refractivity contribution in [3.05, 3.63) is 82.0 Å². The molecule has 4 rings (SSSR count). The fourth-order valence-corrected chi connectivity index (χ4v) is 3.17. The molecule has 0 aliphatic heterocycles. The highest BCUT2D eigenvalue weighted by Crippen LogP contribution is 2.25.